The van der Waals surface area contributed by atoms with E-state index in [9.17, 15) is 9.18 Å². The number of benzene rings is 2. The lowest BCUT2D eigenvalue weighted by Crippen LogP contribution is -2.34. The van der Waals surface area contributed by atoms with Gasteiger partial charge in [0.25, 0.3) is 0 Å². The number of rotatable bonds is 7. The van der Waals surface area contributed by atoms with Crippen molar-refractivity contribution in [3.63, 3.8) is 0 Å². The molecule has 1 heterocycles. The minimum absolute atomic E-state index is 0.00859. The first-order valence-electron chi connectivity index (χ1n) is 12.0. The molecule has 0 bridgehead atoms. The van der Waals surface area contributed by atoms with E-state index in [0.717, 1.165) is 42.6 Å². The van der Waals surface area contributed by atoms with Crippen LogP contribution in [0.5, 0.6) is 0 Å². The lowest BCUT2D eigenvalue weighted by atomic mass is 9.68. The molecule has 1 fully saturated rings. The first-order valence-corrected chi connectivity index (χ1v) is 12.0. The minimum Gasteiger partial charge on any atom is -0.349 e. The van der Waals surface area contributed by atoms with Gasteiger partial charge in [0, 0.05) is 6.42 Å². The molecule has 5 rings (SSSR count). The summed E-state index contributed by atoms with van der Waals surface area (Å²) in [7, 11) is 0. The normalized spacial score (nSPS) is 21.8. The molecule has 174 valence electrons. The van der Waals surface area contributed by atoms with Crippen molar-refractivity contribution in [2.45, 2.75) is 45.1 Å². The van der Waals surface area contributed by atoms with Gasteiger partial charge in [-0.1, -0.05) is 48.9 Å². The summed E-state index contributed by atoms with van der Waals surface area (Å²) in [6.07, 6.45) is 10.2. The van der Waals surface area contributed by atoms with Crippen molar-refractivity contribution in [2.24, 2.45) is 11.3 Å². The number of amides is 1. The van der Waals surface area contributed by atoms with Crippen LogP contribution in [-0.4, -0.2) is 15.7 Å². The van der Waals surface area contributed by atoms with E-state index in [-0.39, 0.29) is 23.2 Å². The van der Waals surface area contributed by atoms with Gasteiger partial charge in [-0.25, -0.2) is 9.07 Å². The number of hydrogen-bond acceptors (Lipinski definition) is 2. The summed E-state index contributed by atoms with van der Waals surface area (Å²) in [4.78, 5) is 12.5. The Morgan fingerprint density at radius 2 is 2.03 bits per heavy atom. The SMILES string of the molecule is C=CCC(=O)NC(CC1CCC2=Cc3c(cnn3-c3ccc(F)cc3)CC21C)c1ccccc1. The number of hydrogen-bond donors (Lipinski definition) is 1. The first kappa shape index (κ1) is 22.3. The number of halogens is 1. The summed E-state index contributed by atoms with van der Waals surface area (Å²) in [6, 6.07) is 16.7. The van der Waals surface area contributed by atoms with E-state index in [4.69, 9.17) is 0 Å². The van der Waals surface area contributed by atoms with E-state index in [1.807, 2.05) is 29.1 Å². The highest BCUT2D eigenvalue weighted by atomic mass is 19.1. The third-order valence-corrected chi connectivity index (χ3v) is 7.61. The smallest absolute Gasteiger partial charge is 0.224 e. The Morgan fingerprint density at radius 3 is 2.76 bits per heavy atom. The predicted molar refractivity (Wildman–Crippen MR) is 133 cm³/mol. The summed E-state index contributed by atoms with van der Waals surface area (Å²) in [6.45, 7) is 6.07. The zero-order chi connectivity index (χ0) is 23.7. The van der Waals surface area contributed by atoms with Gasteiger partial charge < -0.3 is 5.32 Å². The van der Waals surface area contributed by atoms with Crippen molar-refractivity contribution in [2.75, 3.05) is 0 Å². The minimum atomic E-state index is -0.248. The van der Waals surface area contributed by atoms with Gasteiger partial charge in [-0.05, 0) is 78.5 Å². The molecule has 5 heteroatoms. The molecule has 1 aromatic heterocycles. The lowest BCUT2D eigenvalue weighted by Gasteiger charge is -2.37. The third kappa shape index (κ3) is 4.11. The molecule has 3 aromatic rings. The zero-order valence-corrected chi connectivity index (χ0v) is 19.5. The van der Waals surface area contributed by atoms with Crippen molar-refractivity contribution in [3.8, 4) is 5.69 Å². The number of aromatic nitrogens is 2. The first-order chi connectivity index (χ1) is 16.5. The van der Waals surface area contributed by atoms with Crippen LogP contribution in [0.2, 0.25) is 0 Å². The highest BCUT2D eigenvalue weighted by Crippen LogP contribution is 2.55. The van der Waals surface area contributed by atoms with Crippen LogP contribution < -0.4 is 5.32 Å². The molecule has 0 radical (unpaired) electrons. The van der Waals surface area contributed by atoms with E-state index in [2.05, 4.69) is 42.1 Å². The summed E-state index contributed by atoms with van der Waals surface area (Å²) in [5.41, 5.74) is 5.79. The van der Waals surface area contributed by atoms with Gasteiger partial charge in [0.15, 0.2) is 0 Å². The van der Waals surface area contributed by atoms with Gasteiger partial charge in [0.1, 0.15) is 5.82 Å². The van der Waals surface area contributed by atoms with Crippen LogP contribution in [0.15, 0.2) is 79.0 Å². The average molecular weight is 456 g/mol. The maximum absolute atomic E-state index is 13.4. The van der Waals surface area contributed by atoms with Crippen molar-refractivity contribution in [1.29, 1.82) is 0 Å². The number of fused-ring (bicyclic) bond motifs is 2. The average Bonchev–Trinajstić information content (AvgIpc) is 3.38. The number of nitrogens with zero attached hydrogens (tertiary/aromatic N) is 2. The molecule has 2 aliphatic carbocycles. The van der Waals surface area contributed by atoms with Crippen LogP contribution in [0.3, 0.4) is 0 Å². The Labute approximate surface area is 200 Å². The Balaban J connectivity index is 1.42. The summed E-state index contributed by atoms with van der Waals surface area (Å²) in [5, 5.41) is 7.88. The van der Waals surface area contributed by atoms with Crippen molar-refractivity contribution in [1.82, 2.24) is 15.1 Å². The highest BCUT2D eigenvalue weighted by Gasteiger charge is 2.46. The lowest BCUT2D eigenvalue weighted by molar-refractivity contribution is -0.121. The monoisotopic (exact) mass is 455 g/mol. The predicted octanol–water partition coefficient (Wildman–Crippen LogP) is 6.19. The second kappa shape index (κ2) is 9.05. The second-order valence-electron chi connectivity index (χ2n) is 9.70. The second-order valence-corrected chi connectivity index (χ2v) is 9.70. The van der Waals surface area contributed by atoms with Crippen LogP contribution in [0.4, 0.5) is 4.39 Å². The molecule has 2 aliphatic rings. The van der Waals surface area contributed by atoms with Crippen LogP contribution in [0, 0.1) is 17.2 Å². The molecule has 4 nitrogen and oxygen atoms in total. The topological polar surface area (TPSA) is 46.9 Å². The van der Waals surface area contributed by atoms with Gasteiger partial charge in [0.05, 0.1) is 23.6 Å². The fourth-order valence-corrected chi connectivity index (χ4v) is 5.73. The maximum atomic E-state index is 13.4. The standard InChI is InChI=1S/C29H30FN3O/c1-3-7-28(34)32-26(20-8-5-4-6-9-20)16-22-10-11-23-17-27-21(18-29(22,23)2)19-31-33(27)25-14-12-24(30)13-15-25/h3-6,8-9,12-15,17,19,22,26H,1,7,10-11,16,18H2,2H3,(H,32,34). The molecule has 1 N–H and O–H groups in total. The van der Waals surface area contributed by atoms with Gasteiger partial charge in [-0.2, -0.15) is 5.10 Å². The van der Waals surface area contributed by atoms with Gasteiger partial charge in [-0.15, -0.1) is 6.58 Å². The van der Waals surface area contributed by atoms with E-state index in [1.165, 1.54) is 23.3 Å². The maximum Gasteiger partial charge on any atom is 0.224 e. The quantitative estimate of drug-likeness (QED) is 0.432. The van der Waals surface area contributed by atoms with Crippen molar-refractivity contribution in [3.05, 3.63) is 102 Å². The van der Waals surface area contributed by atoms with E-state index in [1.54, 1.807) is 18.2 Å². The molecule has 1 saturated carbocycles. The molecule has 0 saturated heterocycles. The molecular formula is C29H30FN3O. The Bertz CT molecular complexity index is 1230. The zero-order valence-electron chi connectivity index (χ0n) is 19.5. The van der Waals surface area contributed by atoms with E-state index in [0.29, 0.717) is 12.3 Å². The Morgan fingerprint density at radius 1 is 1.26 bits per heavy atom. The molecular weight excluding hydrogens is 425 g/mol. The largest absolute Gasteiger partial charge is 0.349 e. The van der Waals surface area contributed by atoms with E-state index >= 15 is 0 Å². The van der Waals surface area contributed by atoms with E-state index < -0.39 is 0 Å². The van der Waals surface area contributed by atoms with Crippen LogP contribution >= 0.6 is 0 Å². The van der Waals surface area contributed by atoms with Crippen LogP contribution in [0.25, 0.3) is 11.8 Å². The van der Waals surface area contributed by atoms with Gasteiger partial charge >= 0.3 is 0 Å². The summed E-state index contributed by atoms with van der Waals surface area (Å²) < 4.78 is 15.3. The number of carbonyl (C=O) groups excluding carboxylic acids is 1. The fourth-order valence-electron chi connectivity index (χ4n) is 5.73. The molecule has 0 spiro atoms. The molecule has 3 unspecified atom stereocenters. The number of nitrogens with one attached hydrogen (secondary N) is 1. The fraction of sp³-hybridized carbons (Fsp3) is 0.310. The molecule has 2 aromatic carbocycles. The summed E-state index contributed by atoms with van der Waals surface area (Å²) in [5.74, 6) is 0.201. The number of allylic oxidation sites excluding steroid dienone is 1. The van der Waals surface area contributed by atoms with Crippen molar-refractivity contribution < 1.29 is 9.18 Å². The molecule has 34 heavy (non-hydrogen) atoms. The van der Waals surface area contributed by atoms with Crippen LogP contribution in [0.1, 0.15) is 55.5 Å². The summed E-state index contributed by atoms with van der Waals surface area (Å²) >= 11 is 0. The molecule has 3 atom stereocenters. The van der Waals surface area contributed by atoms with Crippen LogP contribution in [-0.2, 0) is 11.2 Å². The molecule has 0 aliphatic heterocycles. The van der Waals surface area contributed by atoms with Gasteiger partial charge in [-0.3, -0.25) is 4.79 Å². The third-order valence-electron chi connectivity index (χ3n) is 7.61. The Hall–Kier alpha value is -3.47. The van der Waals surface area contributed by atoms with Gasteiger partial charge in [0.2, 0.25) is 5.91 Å². The number of carbonyl (C=O) groups is 1. The molecule has 1 amide bonds. The van der Waals surface area contributed by atoms with Crippen molar-refractivity contribution >= 4 is 12.0 Å². The Kier molecular flexibility index (Phi) is 5.94. The highest BCUT2D eigenvalue weighted by molar-refractivity contribution is 5.77.